The Morgan fingerprint density at radius 2 is 1.61 bits per heavy atom. The summed E-state index contributed by atoms with van der Waals surface area (Å²) in [5.74, 6) is 2.61. The third kappa shape index (κ3) is 6.03. The second-order valence-electron chi connectivity index (χ2n) is 13.4. The molecule has 0 aromatic rings. The SMILES string of the molecule is C[C@]12CCC(=O)CC1CC[C@@H]1[C@H]2C(OCCCCCCCCCCCC(N)=O)C[C@]2(C)C(O)CC[C@@H]12. The van der Waals surface area contributed by atoms with Crippen LogP contribution in [0.5, 0.6) is 0 Å². The molecule has 4 fully saturated rings. The molecule has 5 nitrogen and oxygen atoms in total. The summed E-state index contributed by atoms with van der Waals surface area (Å²) >= 11 is 0. The molecule has 0 spiro atoms. The lowest BCUT2D eigenvalue weighted by Crippen LogP contribution is -2.60. The number of ketones is 1. The van der Waals surface area contributed by atoms with Gasteiger partial charge >= 0.3 is 0 Å². The average molecular weight is 504 g/mol. The van der Waals surface area contributed by atoms with Crippen molar-refractivity contribution >= 4 is 11.7 Å². The fourth-order valence-corrected chi connectivity index (χ4v) is 9.14. The standard InChI is InChI=1S/C31H53NO4/c1-30-18-17-23(33)20-22(30)13-14-24-25-15-16-27(34)31(25,2)21-26(29(24)30)36-19-11-9-7-5-3-4-6-8-10-12-28(32)35/h22,24-27,29,34H,3-21H2,1-2H3,(H2,32,35)/t22?,24-,25-,26?,27?,29-,30-,31-/m0/s1. The lowest BCUT2D eigenvalue weighted by Gasteiger charge is -2.62. The molecule has 5 heteroatoms. The van der Waals surface area contributed by atoms with E-state index in [4.69, 9.17) is 10.5 Å². The highest BCUT2D eigenvalue weighted by Crippen LogP contribution is 2.66. The van der Waals surface area contributed by atoms with Crippen LogP contribution in [0.4, 0.5) is 0 Å². The summed E-state index contributed by atoms with van der Waals surface area (Å²) < 4.78 is 6.77. The first kappa shape index (κ1) is 28.1. The third-order valence-electron chi connectivity index (χ3n) is 11.2. The number of Topliss-reactive ketones (excluding diaryl/α,β-unsaturated/α-hetero) is 1. The van der Waals surface area contributed by atoms with Gasteiger partial charge in [-0.1, -0.05) is 58.8 Å². The Hall–Kier alpha value is -0.940. The van der Waals surface area contributed by atoms with Crippen LogP contribution in [0.1, 0.15) is 129 Å². The normalized spacial score (nSPS) is 39.9. The van der Waals surface area contributed by atoms with Gasteiger partial charge in [0.1, 0.15) is 5.78 Å². The van der Waals surface area contributed by atoms with Gasteiger partial charge in [0.05, 0.1) is 12.2 Å². The van der Waals surface area contributed by atoms with E-state index < -0.39 is 0 Å². The largest absolute Gasteiger partial charge is 0.393 e. The number of unbranched alkanes of at least 4 members (excludes halogenated alkanes) is 8. The van der Waals surface area contributed by atoms with Crippen molar-refractivity contribution in [3.05, 3.63) is 0 Å². The zero-order valence-corrected chi connectivity index (χ0v) is 23.1. The smallest absolute Gasteiger partial charge is 0.217 e. The van der Waals surface area contributed by atoms with Crippen molar-refractivity contribution in [2.45, 2.75) is 142 Å². The first-order chi connectivity index (χ1) is 17.3. The van der Waals surface area contributed by atoms with Gasteiger partial charge in [0.2, 0.25) is 5.91 Å². The molecule has 0 saturated heterocycles. The molecule has 36 heavy (non-hydrogen) atoms. The van der Waals surface area contributed by atoms with Crippen LogP contribution in [0.3, 0.4) is 0 Å². The van der Waals surface area contributed by atoms with E-state index in [1.807, 2.05) is 0 Å². The molecule has 4 rings (SSSR count). The van der Waals surface area contributed by atoms with Gasteiger partial charge in [-0.2, -0.15) is 0 Å². The van der Waals surface area contributed by atoms with E-state index in [9.17, 15) is 14.7 Å². The van der Waals surface area contributed by atoms with Crippen molar-refractivity contribution < 1.29 is 19.4 Å². The van der Waals surface area contributed by atoms with Gasteiger partial charge in [0.25, 0.3) is 0 Å². The van der Waals surface area contributed by atoms with Gasteiger partial charge in [-0.25, -0.2) is 0 Å². The Morgan fingerprint density at radius 1 is 0.944 bits per heavy atom. The molecule has 0 aromatic heterocycles. The van der Waals surface area contributed by atoms with Crippen molar-refractivity contribution in [3.8, 4) is 0 Å². The maximum Gasteiger partial charge on any atom is 0.217 e. The second-order valence-corrected chi connectivity index (χ2v) is 13.4. The van der Waals surface area contributed by atoms with Gasteiger partial charge < -0.3 is 15.6 Å². The number of rotatable bonds is 13. The van der Waals surface area contributed by atoms with Gasteiger partial charge in [0, 0.05) is 25.9 Å². The molecular weight excluding hydrogens is 450 g/mol. The number of nitrogens with two attached hydrogens (primary N) is 1. The molecule has 0 aliphatic heterocycles. The number of hydrogen-bond acceptors (Lipinski definition) is 4. The Labute approximate surface area is 219 Å². The fraction of sp³-hybridized carbons (Fsp3) is 0.935. The van der Waals surface area contributed by atoms with Crippen LogP contribution < -0.4 is 5.73 Å². The predicted octanol–water partition coefficient (Wildman–Crippen LogP) is 6.34. The third-order valence-corrected chi connectivity index (χ3v) is 11.2. The second kappa shape index (κ2) is 12.3. The van der Waals surface area contributed by atoms with E-state index in [0.29, 0.717) is 35.9 Å². The van der Waals surface area contributed by atoms with Crippen LogP contribution in [0.25, 0.3) is 0 Å². The predicted molar refractivity (Wildman–Crippen MR) is 143 cm³/mol. The lowest BCUT2D eigenvalue weighted by molar-refractivity contribution is -0.192. The summed E-state index contributed by atoms with van der Waals surface area (Å²) in [6.45, 7) is 5.66. The molecule has 0 heterocycles. The number of primary amides is 1. The average Bonchev–Trinajstić information content (AvgIpc) is 3.13. The Morgan fingerprint density at radius 3 is 2.31 bits per heavy atom. The minimum atomic E-state index is -0.191. The highest BCUT2D eigenvalue weighted by molar-refractivity contribution is 5.79. The monoisotopic (exact) mass is 503 g/mol. The number of aliphatic hydroxyl groups excluding tert-OH is 1. The molecule has 0 bridgehead atoms. The number of ether oxygens (including phenoxy) is 1. The molecule has 0 aromatic carbocycles. The Kier molecular flexibility index (Phi) is 9.58. The number of hydrogen-bond donors (Lipinski definition) is 2. The first-order valence-corrected chi connectivity index (χ1v) is 15.4. The topological polar surface area (TPSA) is 89.6 Å². The van der Waals surface area contributed by atoms with Crippen molar-refractivity contribution in [2.24, 2.45) is 40.2 Å². The first-order valence-electron chi connectivity index (χ1n) is 15.4. The summed E-state index contributed by atoms with van der Waals surface area (Å²) in [6, 6.07) is 0. The molecule has 0 radical (unpaired) electrons. The maximum absolute atomic E-state index is 12.3. The molecular formula is C31H53NO4. The van der Waals surface area contributed by atoms with Crippen molar-refractivity contribution in [3.63, 3.8) is 0 Å². The van der Waals surface area contributed by atoms with Crippen LogP contribution >= 0.6 is 0 Å². The molecule has 3 N–H and O–H groups in total. The van der Waals surface area contributed by atoms with Gasteiger partial charge in [0.15, 0.2) is 0 Å². The van der Waals surface area contributed by atoms with E-state index in [1.165, 1.54) is 51.4 Å². The summed E-state index contributed by atoms with van der Waals surface area (Å²) in [5.41, 5.74) is 5.41. The molecule has 4 saturated carbocycles. The summed E-state index contributed by atoms with van der Waals surface area (Å²) in [6.07, 6.45) is 19.3. The quantitative estimate of drug-likeness (QED) is 0.287. The number of carbonyl (C=O) groups excluding carboxylic acids is 2. The van der Waals surface area contributed by atoms with E-state index in [2.05, 4.69) is 13.8 Å². The van der Waals surface area contributed by atoms with Crippen LogP contribution in [-0.2, 0) is 14.3 Å². The van der Waals surface area contributed by atoms with E-state index >= 15 is 0 Å². The van der Waals surface area contributed by atoms with Crippen LogP contribution in [0, 0.1) is 34.5 Å². The number of carbonyl (C=O) groups is 2. The highest BCUT2D eigenvalue weighted by Gasteiger charge is 2.63. The molecule has 3 unspecified atom stereocenters. The van der Waals surface area contributed by atoms with Crippen molar-refractivity contribution in [1.82, 2.24) is 0 Å². The van der Waals surface area contributed by atoms with Crippen LogP contribution in [0.2, 0.25) is 0 Å². The van der Waals surface area contributed by atoms with Gasteiger partial charge in [-0.15, -0.1) is 0 Å². The fourth-order valence-electron chi connectivity index (χ4n) is 9.14. The summed E-state index contributed by atoms with van der Waals surface area (Å²) in [5, 5.41) is 11.0. The van der Waals surface area contributed by atoms with Crippen LogP contribution in [-0.4, -0.2) is 35.6 Å². The van der Waals surface area contributed by atoms with Crippen molar-refractivity contribution in [1.29, 1.82) is 0 Å². The van der Waals surface area contributed by atoms with Gasteiger partial charge in [-0.3, -0.25) is 9.59 Å². The van der Waals surface area contributed by atoms with E-state index in [0.717, 1.165) is 64.4 Å². The Bertz CT molecular complexity index is 755. The highest BCUT2D eigenvalue weighted by atomic mass is 16.5. The van der Waals surface area contributed by atoms with E-state index in [1.54, 1.807) is 0 Å². The zero-order valence-electron chi connectivity index (χ0n) is 23.1. The van der Waals surface area contributed by atoms with E-state index in [-0.39, 0.29) is 28.9 Å². The Balaban J connectivity index is 1.25. The number of aliphatic hydroxyl groups is 1. The number of fused-ring (bicyclic) bond motifs is 5. The van der Waals surface area contributed by atoms with Crippen molar-refractivity contribution in [2.75, 3.05) is 6.61 Å². The molecule has 4 aliphatic rings. The molecule has 206 valence electrons. The van der Waals surface area contributed by atoms with Gasteiger partial charge in [-0.05, 0) is 85.9 Å². The number of amides is 1. The minimum Gasteiger partial charge on any atom is -0.393 e. The lowest BCUT2D eigenvalue weighted by atomic mass is 9.44. The van der Waals surface area contributed by atoms with Crippen LogP contribution in [0.15, 0.2) is 0 Å². The minimum absolute atomic E-state index is 0.00302. The molecule has 4 aliphatic carbocycles. The maximum atomic E-state index is 12.3. The summed E-state index contributed by atoms with van der Waals surface area (Å²) in [7, 11) is 0. The zero-order chi connectivity index (χ0) is 25.8. The summed E-state index contributed by atoms with van der Waals surface area (Å²) in [4.78, 5) is 23.1. The molecule has 8 atom stereocenters. The molecule has 1 amide bonds.